The molecule has 0 N–H and O–H groups in total. The fourth-order valence-electron chi connectivity index (χ4n) is 1.44. The predicted molar refractivity (Wildman–Crippen MR) is 63.9 cm³/mol. The maximum atomic E-state index is 5.86. The van der Waals surface area contributed by atoms with Gasteiger partial charge in [0.15, 0.2) is 0 Å². The van der Waals surface area contributed by atoms with E-state index in [4.69, 9.17) is 16.0 Å². The van der Waals surface area contributed by atoms with Gasteiger partial charge in [-0.1, -0.05) is 5.10 Å². The van der Waals surface area contributed by atoms with Gasteiger partial charge in [0.05, 0.1) is 12.7 Å². The second kappa shape index (κ2) is 4.75. The molecule has 6 nitrogen and oxygen atoms in total. The van der Waals surface area contributed by atoms with E-state index in [2.05, 4.69) is 15.3 Å². The van der Waals surface area contributed by atoms with Crippen molar-refractivity contribution in [3.63, 3.8) is 0 Å². The third-order valence-electron chi connectivity index (χ3n) is 2.27. The summed E-state index contributed by atoms with van der Waals surface area (Å²) in [7, 11) is 3.76. The molecule has 2 heterocycles. The first-order valence-electron chi connectivity index (χ1n) is 5.22. The van der Waals surface area contributed by atoms with Crippen molar-refractivity contribution in [1.82, 2.24) is 20.0 Å². The summed E-state index contributed by atoms with van der Waals surface area (Å²) in [5, 5.41) is 11.6. The Morgan fingerprint density at radius 3 is 2.82 bits per heavy atom. The Labute approximate surface area is 104 Å². The van der Waals surface area contributed by atoms with Crippen molar-refractivity contribution in [2.75, 3.05) is 11.9 Å². The molecule has 0 radical (unpaired) electrons. The van der Waals surface area contributed by atoms with Gasteiger partial charge in [0.1, 0.15) is 5.38 Å². The molecule has 0 spiro atoms. The Balaban J connectivity index is 2.06. The van der Waals surface area contributed by atoms with E-state index in [1.54, 1.807) is 17.8 Å². The largest absolute Gasteiger partial charge is 0.406 e. The van der Waals surface area contributed by atoms with Crippen molar-refractivity contribution in [2.45, 2.75) is 18.8 Å². The molecule has 0 fully saturated rings. The normalized spacial score (nSPS) is 12.7. The zero-order valence-corrected chi connectivity index (χ0v) is 10.7. The molecule has 1 unspecified atom stereocenters. The molecule has 0 aliphatic heterocycles. The second-order valence-corrected chi connectivity index (χ2v) is 4.57. The van der Waals surface area contributed by atoms with Gasteiger partial charge in [-0.05, 0) is 6.92 Å². The first-order chi connectivity index (χ1) is 8.06. The predicted octanol–water partition coefficient (Wildman–Crippen LogP) is 1.74. The van der Waals surface area contributed by atoms with Crippen molar-refractivity contribution >= 4 is 17.6 Å². The number of alkyl halides is 1. The molecular weight excluding hydrogens is 242 g/mol. The van der Waals surface area contributed by atoms with E-state index in [-0.39, 0.29) is 5.38 Å². The lowest BCUT2D eigenvalue weighted by Gasteiger charge is -2.11. The summed E-state index contributed by atoms with van der Waals surface area (Å²) in [4.78, 5) is 1.85. The van der Waals surface area contributed by atoms with Crippen LogP contribution in [0.2, 0.25) is 0 Å². The van der Waals surface area contributed by atoms with Gasteiger partial charge in [-0.2, -0.15) is 5.10 Å². The average Bonchev–Trinajstić information content (AvgIpc) is 2.86. The first kappa shape index (κ1) is 11.9. The van der Waals surface area contributed by atoms with E-state index < -0.39 is 0 Å². The van der Waals surface area contributed by atoms with E-state index in [1.165, 1.54) is 0 Å². The van der Waals surface area contributed by atoms with Crippen molar-refractivity contribution in [3.05, 3.63) is 23.8 Å². The minimum absolute atomic E-state index is 0.275. The smallest absolute Gasteiger partial charge is 0.318 e. The fraction of sp³-hybridized carbons (Fsp3) is 0.500. The van der Waals surface area contributed by atoms with Crippen LogP contribution in [0.1, 0.15) is 23.8 Å². The molecule has 2 aromatic heterocycles. The van der Waals surface area contributed by atoms with Crippen LogP contribution in [0.5, 0.6) is 0 Å². The van der Waals surface area contributed by atoms with Gasteiger partial charge in [0, 0.05) is 25.9 Å². The molecule has 0 amide bonds. The minimum Gasteiger partial charge on any atom is -0.406 e. The number of hydrogen-bond donors (Lipinski definition) is 0. The summed E-state index contributed by atoms with van der Waals surface area (Å²) >= 11 is 5.86. The summed E-state index contributed by atoms with van der Waals surface area (Å²) in [6.45, 7) is 2.45. The van der Waals surface area contributed by atoms with Crippen LogP contribution in [-0.4, -0.2) is 27.0 Å². The number of aryl methyl sites for hydroxylation is 1. The highest BCUT2D eigenvalue weighted by Gasteiger charge is 2.14. The van der Waals surface area contributed by atoms with Gasteiger partial charge in [0.2, 0.25) is 5.89 Å². The molecule has 92 valence electrons. The number of anilines is 1. The lowest BCUT2D eigenvalue weighted by atomic mass is 10.3. The molecule has 7 heteroatoms. The van der Waals surface area contributed by atoms with Crippen molar-refractivity contribution in [3.8, 4) is 0 Å². The van der Waals surface area contributed by atoms with E-state index >= 15 is 0 Å². The van der Waals surface area contributed by atoms with Crippen LogP contribution in [0, 0.1) is 0 Å². The molecular formula is C10H14ClN5O. The van der Waals surface area contributed by atoms with Gasteiger partial charge in [0.25, 0.3) is 0 Å². The second-order valence-electron chi connectivity index (χ2n) is 3.92. The summed E-state index contributed by atoms with van der Waals surface area (Å²) in [5.41, 5.74) is 1.08. The Bertz CT molecular complexity index is 492. The van der Waals surface area contributed by atoms with E-state index in [0.29, 0.717) is 18.5 Å². The topological polar surface area (TPSA) is 60.0 Å². The lowest BCUT2D eigenvalue weighted by Crippen LogP contribution is -2.16. The maximum absolute atomic E-state index is 5.86. The van der Waals surface area contributed by atoms with Crippen LogP contribution in [0.25, 0.3) is 0 Å². The summed E-state index contributed by atoms with van der Waals surface area (Å²) in [6, 6.07) is 0.455. The number of hydrogen-bond acceptors (Lipinski definition) is 5. The van der Waals surface area contributed by atoms with Gasteiger partial charge >= 0.3 is 6.01 Å². The minimum atomic E-state index is -0.275. The summed E-state index contributed by atoms with van der Waals surface area (Å²) in [6.07, 6.45) is 3.75. The zero-order chi connectivity index (χ0) is 12.4. The van der Waals surface area contributed by atoms with E-state index in [9.17, 15) is 0 Å². The lowest BCUT2D eigenvalue weighted by molar-refractivity contribution is 0.489. The van der Waals surface area contributed by atoms with Gasteiger partial charge < -0.3 is 9.32 Å². The van der Waals surface area contributed by atoms with E-state index in [0.717, 1.165) is 5.56 Å². The number of rotatable bonds is 4. The number of halogens is 1. The third-order valence-corrected chi connectivity index (χ3v) is 2.46. The van der Waals surface area contributed by atoms with E-state index in [1.807, 2.05) is 25.2 Å². The number of nitrogens with zero attached hydrogens (tertiary/aromatic N) is 5. The standard InChI is InChI=1S/C10H14ClN5O/c1-7(11)9-13-14-10(17-9)15(2)5-8-4-12-16(3)6-8/h4,6-7H,5H2,1-3H3. The monoisotopic (exact) mass is 255 g/mol. The molecule has 0 aliphatic rings. The Morgan fingerprint density at radius 2 is 2.29 bits per heavy atom. The highest BCUT2D eigenvalue weighted by molar-refractivity contribution is 6.20. The fourth-order valence-corrected chi connectivity index (χ4v) is 1.52. The Hall–Kier alpha value is -1.56. The zero-order valence-electron chi connectivity index (χ0n) is 9.96. The molecule has 0 saturated carbocycles. The van der Waals surface area contributed by atoms with Gasteiger partial charge in [-0.3, -0.25) is 4.68 Å². The third kappa shape index (κ3) is 2.76. The van der Waals surface area contributed by atoms with Crippen LogP contribution >= 0.6 is 11.6 Å². The molecule has 0 bridgehead atoms. The summed E-state index contributed by atoms with van der Waals surface area (Å²) in [5.74, 6) is 0.430. The Morgan fingerprint density at radius 1 is 1.53 bits per heavy atom. The molecule has 0 aliphatic carbocycles. The average molecular weight is 256 g/mol. The van der Waals surface area contributed by atoms with Crippen LogP contribution in [-0.2, 0) is 13.6 Å². The molecule has 0 saturated heterocycles. The van der Waals surface area contributed by atoms with Crippen LogP contribution in [0.4, 0.5) is 6.01 Å². The Kier molecular flexibility index (Phi) is 3.33. The van der Waals surface area contributed by atoms with Crippen molar-refractivity contribution < 1.29 is 4.42 Å². The van der Waals surface area contributed by atoms with Crippen molar-refractivity contribution in [1.29, 1.82) is 0 Å². The highest BCUT2D eigenvalue weighted by atomic mass is 35.5. The SMILES string of the molecule is CC(Cl)c1nnc(N(C)Cc2cnn(C)c2)o1. The molecule has 2 rings (SSSR count). The van der Waals surface area contributed by atoms with Gasteiger partial charge in [-0.15, -0.1) is 16.7 Å². The molecule has 0 aromatic carbocycles. The molecule has 2 aromatic rings. The van der Waals surface area contributed by atoms with Gasteiger partial charge in [-0.25, -0.2) is 0 Å². The molecule has 17 heavy (non-hydrogen) atoms. The first-order valence-corrected chi connectivity index (χ1v) is 5.66. The number of aromatic nitrogens is 4. The van der Waals surface area contributed by atoms with Crippen LogP contribution < -0.4 is 4.90 Å². The molecule has 1 atom stereocenters. The maximum Gasteiger partial charge on any atom is 0.318 e. The quantitative estimate of drug-likeness (QED) is 0.779. The van der Waals surface area contributed by atoms with Crippen LogP contribution in [0.3, 0.4) is 0 Å². The van der Waals surface area contributed by atoms with Crippen LogP contribution in [0.15, 0.2) is 16.8 Å². The highest BCUT2D eigenvalue weighted by Crippen LogP contribution is 2.21. The summed E-state index contributed by atoms with van der Waals surface area (Å²) < 4.78 is 7.18. The van der Waals surface area contributed by atoms with Crippen molar-refractivity contribution in [2.24, 2.45) is 7.05 Å².